The van der Waals surface area contributed by atoms with Crippen LogP contribution in [-0.4, -0.2) is 16.9 Å². The molecule has 1 heterocycles. The van der Waals surface area contributed by atoms with Gasteiger partial charge in [-0.1, -0.05) is 23.7 Å². The van der Waals surface area contributed by atoms with Crippen LogP contribution in [0.3, 0.4) is 0 Å². The van der Waals surface area contributed by atoms with Crippen molar-refractivity contribution in [1.29, 1.82) is 0 Å². The van der Waals surface area contributed by atoms with Crippen LogP contribution in [0.4, 0.5) is 25.7 Å². The predicted octanol–water partition coefficient (Wildman–Crippen LogP) is 5.15. The standard InChI is InChI=1S/C19H16ClFN4O2S/c20-12-3-1-5-14(9-12)23-18(27)25-19-24-16(11-28-19)7-8-17(26)22-15-6-2-4-13(21)10-15/h1-6,9-11H,7-8H2,(H,22,26)(H2,23,24,25,27). The van der Waals surface area contributed by atoms with Crippen molar-refractivity contribution < 1.29 is 14.0 Å². The van der Waals surface area contributed by atoms with Crippen molar-refractivity contribution in [3.05, 3.63) is 70.4 Å². The van der Waals surface area contributed by atoms with Gasteiger partial charge in [0.15, 0.2) is 5.13 Å². The minimum absolute atomic E-state index is 0.189. The number of rotatable bonds is 6. The van der Waals surface area contributed by atoms with Crippen LogP contribution < -0.4 is 16.0 Å². The normalized spacial score (nSPS) is 10.4. The van der Waals surface area contributed by atoms with Crippen molar-refractivity contribution >= 4 is 51.4 Å². The van der Waals surface area contributed by atoms with Crippen LogP contribution in [0, 0.1) is 5.82 Å². The number of nitrogens with zero attached hydrogens (tertiary/aromatic N) is 1. The maximum atomic E-state index is 13.1. The van der Waals surface area contributed by atoms with Gasteiger partial charge in [-0.15, -0.1) is 11.3 Å². The average Bonchev–Trinajstić information content (AvgIpc) is 3.07. The summed E-state index contributed by atoms with van der Waals surface area (Å²) in [6, 6.07) is 12.1. The van der Waals surface area contributed by atoms with Crippen molar-refractivity contribution in [3.63, 3.8) is 0 Å². The highest BCUT2D eigenvalue weighted by molar-refractivity contribution is 7.13. The highest BCUT2D eigenvalue weighted by atomic mass is 35.5. The number of benzene rings is 2. The van der Waals surface area contributed by atoms with E-state index >= 15 is 0 Å². The number of nitrogens with one attached hydrogen (secondary N) is 3. The van der Waals surface area contributed by atoms with Gasteiger partial charge in [-0.3, -0.25) is 10.1 Å². The first-order valence-corrected chi connectivity index (χ1v) is 9.57. The molecular formula is C19H16ClFN4O2S. The highest BCUT2D eigenvalue weighted by Crippen LogP contribution is 2.19. The minimum Gasteiger partial charge on any atom is -0.326 e. The Balaban J connectivity index is 1.47. The van der Waals surface area contributed by atoms with E-state index in [4.69, 9.17) is 11.6 Å². The van der Waals surface area contributed by atoms with Gasteiger partial charge in [0.2, 0.25) is 5.91 Å². The van der Waals surface area contributed by atoms with E-state index in [1.54, 1.807) is 35.7 Å². The molecule has 0 aliphatic rings. The molecule has 0 spiro atoms. The summed E-state index contributed by atoms with van der Waals surface area (Å²) < 4.78 is 13.1. The Morgan fingerprint density at radius 1 is 1.04 bits per heavy atom. The number of hydrogen-bond acceptors (Lipinski definition) is 4. The lowest BCUT2D eigenvalue weighted by molar-refractivity contribution is -0.116. The van der Waals surface area contributed by atoms with Crippen molar-refractivity contribution in [2.75, 3.05) is 16.0 Å². The molecule has 0 aliphatic heterocycles. The lowest BCUT2D eigenvalue weighted by Crippen LogP contribution is -2.19. The zero-order chi connectivity index (χ0) is 19.9. The first-order valence-electron chi connectivity index (χ1n) is 8.31. The van der Waals surface area contributed by atoms with E-state index in [-0.39, 0.29) is 12.3 Å². The number of carbonyl (C=O) groups is 2. The Labute approximate surface area is 169 Å². The monoisotopic (exact) mass is 418 g/mol. The van der Waals surface area contributed by atoms with Gasteiger partial charge in [0.05, 0.1) is 5.69 Å². The van der Waals surface area contributed by atoms with Crippen LogP contribution in [0.25, 0.3) is 0 Å². The molecule has 0 saturated carbocycles. The molecule has 3 amide bonds. The molecule has 0 saturated heterocycles. The molecule has 0 unspecified atom stereocenters. The smallest absolute Gasteiger partial charge is 0.325 e. The molecule has 2 aromatic carbocycles. The molecule has 0 bridgehead atoms. The van der Waals surface area contributed by atoms with Gasteiger partial charge in [-0.05, 0) is 42.8 Å². The largest absolute Gasteiger partial charge is 0.326 e. The molecule has 144 valence electrons. The first kappa shape index (κ1) is 19.8. The fraction of sp³-hybridized carbons (Fsp3) is 0.105. The van der Waals surface area contributed by atoms with E-state index in [1.807, 2.05) is 0 Å². The van der Waals surface area contributed by atoms with Gasteiger partial charge in [0.25, 0.3) is 0 Å². The topological polar surface area (TPSA) is 83.1 Å². The number of halogens is 2. The van der Waals surface area contributed by atoms with Crippen LogP contribution in [0.2, 0.25) is 5.02 Å². The number of aromatic nitrogens is 1. The Bertz CT molecular complexity index is 995. The Kier molecular flexibility index (Phi) is 6.57. The molecule has 0 aliphatic carbocycles. The Hall–Kier alpha value is -2.97. The van der Waals surface area contributed by atoms with Crippen molar-refractivity contribution in [2.24, 2.45) is 0 Å². The molecule has 3 aromatic rings. The molecule has 0 fully saturated rings. The first-order chi connectivity index (χ1) is 13.5. The van der Waals surface area contributed by atoms with E-state index < -0.39 is 11.8 Å². The number of thiazole rings is 1. The van der Waals surface area contributed by atoms with Gasteiger partial charge in [-0.2, -0.15) is 0 Å². The van der Waals surface area contributed by atoms with E-state index in [1.165, 1.54) is 29.5 Å². The Morgan fingerprint density at radius 2 is 1.79 bits per heavy atom. The summed E-state index contributed by atoms with van der Waals surface area (Å²) in [6.45, 7) is 0. The van der Waals surface area contributed by atoms with E-state index in [2.05, 4.69) is 20.9 Å². The maximum absolute atomic E-state index is 13.1. The molecule has 3 rings (SSSR count). The molecule has 0 radical (unpaired) electrons. The molecule has 0 atom stereocenters. The molecule has 6 nitrogen and oxygen atoms in total. The van der Waals surface area contributed by atoms with Crippen molar-refractivity contribution in [3.8, 4) is 0 Å². The van der Waals surface area contributed by atoms with Crippen LogP contribution in [0.5, 0.6) is 0 Å². The summed E-state index contributed by atoms with van der Waals surface area (Å²) in [4.78, 5) is 28.3. The summed E-state index contributed by atoms with van der Waals surface area (Å²) in [6.07, 6.45) is 0.587. The summed E-state index contributed by atoms with van der Waals surface area (Å²) in [5.41, 5.74) is 1.65. The van der Waals surface area contributed by atoms with Gasteiger partial charge in [0.1, 0.15) is 5.82 Å². The van der Waals surface area contributed by atoms with Gasteiger partial charge in [0, 0.05) is 28.2 Å². The second-order valence-electron chi connectivity index (χ2n) is 5.79. The molecule has 3 N–H and O–H groups in total. The number of hydrogen-bond donors (Lipinski definition) is 3. The predicted molar refractivity (Wildman–Crippen MR) is 110 cm³/mol. The third-order valence-electron chi connectivity index (χ3n) is 3.57. The van der Waals surface area contributed by atoms with E-state index in [0.717, 1.165) is 0 Å². The van der Waals surface area contributed by atoms with Crippen LogP contribution in [0.15, 0.2) is 53.9 Å². The summed E-state index contributed by atoms with van der Waals surface area (Å²) >= 11 is 7.14. The summed E-state index contributed by atoms with van der Waals surface area (Å²) in [5, 5.41) is 10.6. The Morgan fingerprint density at radius 3 is 2.54 bits per heavy atom. The molecule has 28 heavy (non-hydrogen) atoms. The van der Waals surface area contributed by atoms with E-state index in [0.29, 0.717) is 33.6 Å². The number of urea groups is 1. The zero-order valence-electron chi connectivity index (χ0n) is 14.5. The third-order valence-corrected chi connectivity index (χ3v) is 4.61. The minimum atomic E-state index is -0.438. The SMILES string of the molecule is O=C(CCc1csc(NC(=O)Nc2cccc(Cl)c2)n1)Nc1cccc(F)c1. The summed E-state index contributed by atoms with van der Waals surface area (Å²) in [5.74, 6) is -0.657. The second kappa shape index (κ2) is 9.29. The second-order valence-corrected chi connectivity index (χ2v) is 7.09. The highest BCUT2D eigenvalue weighted by Gasteiger charge is 2.09. The molecule has 1 aromatic heterocycles. The van der Waals surface area contributed by atoms with Crippen LogP contribution in [0.1, 0.15) is 12.1 Å². The zero-order valence-corrected chi connectivity index (χ0v) is 16.1. The number of carbonyl (C=O) groups excluding carboxylic acids is 2. The quantitative estimate of drug-likeness (QED) is 0.517. The van der Waals surface area contributed by atoms with Crippen LogP contribution >= 0.6 is 22.9 Å². The maximum Gasteiger partial charge on any atom is 0.325 e. The third kappa shape index (κ3) is 6.04. The number of aryl methyl sites for hydroxylation is 1. The lowest BCUT2D eigenvalue weighted by Gasteiger charge is -2.05. The summed E-state index contributed by atoms with van der Waals surface area (Å²) in [7, 11) is 0. The average molecular weight is 419 g/mol. The number of amides is 3. The van der Waals surface area contributed by atoms with Gasteiger partial charge in [-0.25, -0.2) is 14.2 Å². The van der Waals surface area contributed by atoms with Crippen molar-refractivity contribution in [2.45, 2.75) is 12.8 Å². The number of anilines is 3. The lowest BCUT2D eigenvalue weighted by atomic mass is 10.2. The fourth-order valence-corrected chi connectivity index (χ4v) is 3.27. The van der Waals surface area contributed by atoms with Gasteiger partial charge < -0.3 is 10.6 Å². The fourth-order valence-electron chi connectivity index (χ4n) is 2.34. The van der Waals surface area contributed by atoms with E-state index in [9.17, 15) is 14.0 Å². The van der Waals surface area contributed by atoms with Gasteiger partial charge >= 0.3 is 6.03 Å². The van der Waals surface area contributed by atoms with Crippen LogP contribution in [-0.2, 0) is 11.2 Å². The van der Waals surface area contributed by atoms with Crippen molar-refractivity contribution in [1.82, 2.24) is 4.98 Å². The molecule has 9 heteroatoms. The molecular weight excluding hydrogens is 403 g/mol.